The van der Waals surface area contributed by atoms with E-state index in [9.17, 15) is 9.00 Å². The Labute approximate surface area is 99.8 Å². The second-order valence-corrected chi connectivity index (χ2v) is 6.13. The van der Waals surface area contributed by atoms with Crippen LogP contribution in [0.1, 0.15) is 32.1 Å². The molecule has 94 valence electrons. The second kappa shape index (κ2) is 6.35. The van der Waals surface area contributed by atoms with Crippen LogP contribution in [0.15, 0.2) is 0 Å². The van der Waals surface area contributed by atoms with Crippen molar-refractivity contribution in [2.75, 3.05) is 25.1 Å². The second-order valence-electron chi connectivity index (χ2n) is 4.58. The Morgan fingerprint density at radius 3 is 2.50 bits per heavy atom. The van der Waals surface area contributed by atoms with Crippen molar-refractivity contribution in [1.29, 1.82) is 0 Å². The molecule has 0 aromatic rings. The summed E-state index contributed by atoms with van der Waals surface area (Å²) in [4.78, 5) is 12.0. The van der Waals surface area contributed by atoms with E-state index in [1.54, 1.807) is 6.26 Å². The summed E-state index contributed by atoms with van der Waals surface area (Å²) >= 11 is 0. The van der Waals surface area contributed by atoms with Crippen LogP contribution < -0.4 is 11.1 Å². The van der Waals surface area contributed by atoms with E-state index in [0.29, 0.717) is 18.8 Å². The molecule has 3 N–H and O–H groups in total. The molecule has 1 atom stereocenters. The molecule has 1 fully saturated rings. The van der Waals surface area contributed by atoms with Gasteiger partial charge in [-0.2, -0.15) is 0 Å². The van der Waals surface area contributed by atoms with Crippen molar-refractivity contribution in [3.63, 3.8) is 0 Å². The molecule has 1 aliphatic rings. The van der Waals surface area contributed by atoms with Crippen LogP contribution in [0.2, 0.25) is 0 Å². The lowest BCUT2D eigenvalue weighted by atomic mass is 9.73. The van der Waals surface area contributed by atoms with Crippen molar-refractivity contribution in [2.24, 2.45) is 11.1 Å². The monoisotopic (exact) mass is 246 g/mol. The largest absolute Gasteiger partial charge is 0.355 e. The zero-order valence-electron chi connectivity index (χ0n) is 9.96. The van der Waals surface area contributed by atoms with Crippen molar-refractivity contribution in [2.45, 2.75) is 32.1 Å². The Hall–Kier alpha value is -0.420. The molecule has 0 radical (unpaired) electrons. The lowest BCUT2D eigenvalue weighted by molar-refractivity contribution is -0.132. The third-order valence-corrected chi connectivity index (χ3v) is 4.14. The fourth-order valence-corrected chi connectivity index (χ4v) is 2.64. The zero-order valence-corrected chi connectivity index (χ0v) is 10.8. The maximum atomic E-state index is 12.0. The molecule has 4 nitrogen and oxygen atoms in total. The van der Waals surface area contributed by atoms with E-state index >= 15 is 0 Å². The van der Waals surface area contributed by atoms with Gasteiger partial charge in [0.15, 0.2) is 0 Å². The predicted octanol–water partition coefficient (Wildman–Crippen LogP) is 0.390. The first-order chi connectivity index (χ1) is 7.60. The van der Waals surface area contributed by atoms with E-state index < -0.39 is 10.8 Å². The van der Waals surface area contributed by atoms with Gasteiger partial charge in [-0.3, -0.25) is 9.00 Å². The van der Waals surface area contributed by atoms with Gasteiger partial charge in [0.1, 0.15) is 0 Å². The quantitative estimate of drug-likeness (QED) is 0.737. The number of nitrogens with two attached hydrogens (primary N) is 1. The number of hydrogen-bond acceptors (Lipinski definition) is 3. The fraction of sp³-hybridized carbons (Fsp3) is 0.909. The summed E-state index contributed by atoms with van der Waals surface area (Å²) in [6.07, 6.45) is 6.81. The van der Waals surface area contributed by atoms with E-state index in [4.69, 9.17) is 5.73 Å². The van der Waals surface area contributed by atoms with Gasteiger partial charge in [-0.05, 0) is 12.8 Å². The van der Waals surface area contributed by atoms with Gasteiger partial charge in [0.25, 0.3) is 0 Å². The lowest BCUT2D eigenvalue weighted by Crippen LogP contribution is -2.47. The molecule has 0 aromatic heterocycles. The van der Waals surface area contributed by atoms with Crippen molar-refractivity contribution in [1.82, 2.24) is 5.32 Å². The topological polar surface area (TPSA) is 72.2 Å². The minimum absolute atomic E-state index is 0.0557. The molecule has 1 aliphatic carbocycles. The smallest absolute Gasteiger partial charge is 0.227 e. The van der Waals surface area contributed by atoms with Gasteiger partial charge in [0, 0.05) is 35.9 Å². The molecule has 0 saturated heterocycles. The molecule has 0 spiro atoms. The van der Waals surface area contributed by atoms with Gasteiger partial charge >= 0.3 is 0 Å². The maximum absolute atomic E-state index is 12.0. The van der Waals surface area contributed by atoms with Crippen LogP contribution in [0.25, 0.3) is 0 Å². The number of carbonyl (C=O) groups excluding carboxylic acids is 1. The molecular weight excluding hydrogens is 224 g/mol. The third kappa shape index (κ3) is 3.56. The summed E-state index contributed by atoms with van der Waals surface area (Å²) in [5, 5.41) is 2.86. The highest BCUT2D eigenvalue weighted by Gasteiger charge is 2.37. The van der Waals surface area contributed by atoms with E-state index in [1.165, 1.54) is 6.42 Å². The van der Waals surface area contributed by atoms with Crippen LogP contribution in [0.4, 0.5) is 0 Å². The van der Waals surface area contributed by atoms with Crippen LogP contribution >= 0.6 is 0 Å². The molecule has 5 heteroatoms. The van der Waals surface area contributed by atoms with E-state index in [-0.39, 0.29) is 11.3 Å². The van der Waals surface area contributed by atoms with E-state index in [1.807, 2.05) is 0 Å². The van der Waals surface area contributed by atoms with E-state index in [0.717, 1.165) is 25.7 Å². The molecule has 1 saturated carbocycles. The van der Waals surface area contributed by atoms with Gasteiger partial charge < -0.3 is 11.1 Å². The Balaban J connectivity index is 2.45. The average Bonchev–Trinajstić information content (AvgIpc) is 2.29. The molecule has 1 rings (SSSR count). The van der Waals surface area contributed by atoms with Crippen LogP contribution in [-0.2, 0) is 15.6 Å². The minimum atomic E-state index is -0.848. The summed E-state index contributed by atoms with van der Waals surface area (Å²) in [7, 11) is -0.848. The average molecular weight is 246 g/mol. The van der Waals surface area contributed by atoms with Gasteiger partial charge in [-0.15, -0.1) is 0 Å². The van der Waals surface area contributed by atoms with Crippen LogP contribution in [-0.4, -0.2) is 35.2 Å². The van der Waals surface area contributed by atoms with Crippen molar-refractivity contribution in [3.05, 3.63) is 0 Å². The van der Waals surface area contributed by atoms with Crippen molar-refractivity contribution < 1.29 is 9.00 Å². The molecule has 0 bridgehead atoms. The first-order valence-corrected chi connectivity index (χ1v) is 7.62. The minimum Gasteiger partial charge on any atom is -0.355 e. The highest BCUT2D eigenvalue weighted by atomic mass is 32.2. The normalized spacial score (nSPS) is 21.4. The van der Waals surface area contributed by atoms with Gasteiger partial charge in [-0.1, -0.05) is 19.3 Å². The van der Waals surface area contributed by atoms with Crippen LogP contribution in [0, 0.1) is 5.41 Å². The lowest BCUT2D eigenvalue weighted by Gasteiger charge is -2.34. The first-order valence-electron chi connectivity index (χ1n) is 5.89. The summed E-state index contributed by atoms with van der Waals surface area (Å²) < 4.78 is 10.9. The van der Waals surface area contributed by atoms with Crippen molar-refractivity contribution >= 4 is 16.7 Å². The molecule has 0 heterocycles. The Morgan fingerprint density at radius 1 is 1.38 bits per heavy atom. The van der Waals surface area contributed by atoms with Gasteiger partial charge in [0.05, 0.1) is 5.41 Å². The molecule has 0 aromatic carbocycles. The Bertz CT molecular complexity index is 263. The maximum Gasteiger partial charge on any atom is 0.227 e. The molecule has 1 amide bonds. The van der Waals surface area contributed by atoms with Gasteiger partial charge in [-0.25, -0.2) is 0 Å². The van der Waals surface area contributed by atoms with Gasteiger partial charge in [0.2, 0.25) is 5.91 Å². The van der Waals surface area contributed by atoms with Crippen LogP contribution in [0.3, 0.4) is 0 Å². The predicted molar refractivity (Wildman–Crippen MR) is 66.5 cm³/mol. The summed E-state index contributed by atoms with van der Waals surface area (Å²) in [5.74, 6) is 0.576. The number of amides is 1. The van der Waals surface area contributed by atoms with Crippen LogP contribution in [0.5, 0.6) is 0 Å². The number of hydrogen-bond donors (Lipinski definition) is 2. The standard InChI is InChI=1S/C11H22N2O2S/c1-16(15)8-7-13-10(14)11(9-12)5-3-2-4-6-11/h2-9,12H2,1H3,(H,13,14). The Kier molecular flexibility index (Phi) is 5.41. The molecule has 1 unspecified atom stereocenters. The third-order valence-electron chi connectivity index (χ3n) is 3.36. The summed E-state index contributed by atoms with van der Waals surface area (Å²) in [6.45, 7) is 0.914. The SMILES string of the molecule is CS(=O)CCNC(=O)C1(CN)CCCCC1. The van der Waals surface area contributed by atoms with E-state index in [2.05, 4.69) is 5.32 Å². The van der Waals surface area contributed by atoms with Crippen molar-refractivity contribution in [3.8, 4) is 0 Å². The number of carbonyl (C=O) groups is 1. The molecule has 16 heavy (non-hydrogen) atoms. The highest BCUT2D eigenvalue weighted by Crippen LogP contribution is 2.35. The fourth-order valence-electron chi connectivity index (χ4n) is 2.25. The first kappa shape index (κ1) is 13.6. The Morgan fingerprint density at radius 2 is 2.00 bits per heavy atom. The summed E-state index contributed by atoms with van der Waals surface area (Å²) in [6, 6.07) is 0. The molecule has 0 aliphatic heterocycles. The number of nitrogens with one attached hydrogen (secondary N) is 1. The molecular formula is C11H22N2O2S. The zero-order chi connectivity index (χ0) is 12.0. The number of rotatable bonds is 5. The summed E-state index contributed by atoms with van der Waals surface area (Å²) in [5.41, 5.74) is 5.40. The highest BCUT2D eigenvalue weighted by molar-refractivity contribution is 7.84.